The zero-order valence-electron chi connectivity index (χ0n) is 12.3. The lowest BCUT2D eigenvalue weighted by atomic mass is 10.0. The first-order valence-corrected chi connectivity index (χ1v) is 6.88. The molecule has 0 aliphatic heterocycles. The standard InChI is InChI=1S/C17H17N3O/c1-11-4-7-14(15-8-9-18-19-17(15)21)10-16(11)20-12(2)5-6-13(20)3/h4-10H,1-3H3,(H,19,21). The minimum Gasteiger partial charge on any atom is -0.318 e. The highest BCUT2D eigenvalue weighted by Crippen LogP contribution is 2.25. The smallest absolute Gasteiger partial charge is 0.272 e. The quantitative estimate of drug-likeness (QED) is 0.783. The van der Waals surface area contributed by atoms with Gasteiger partial charge in [-0.05, 0) is 56.2 Å². The van der Waals surface area contributed by atoms with E-state index in [9.17, 15) is 4.79 Å². The summed E-state index contributed by atoms with van der Waals surface area (Å²) < 4.78 is 2.20. The number of rotatable bonds is 2. The molecule has 0 atom stereocenters. The second-order valence-corrected chi connectivity index (χ2v) is 5.25. The zero-order chi connectivity index (χ0) is 15.0. The largest absolute Gasteiger partial charge is 0.318 e. The Bertz CT molecular complexity index is 839. The minimum atomic E-state index is -0.173. The molecule has 3 rings (SSSR count). The number of nitrogens with one attached hydrogen (secondary N) is 1. The molecule has 2 aromatic heterocycles. The molecule has 2 heterocycles. The molecule has 21 heavy (non-hydrogen) atoms. The lowest BCUT2D eigenvalue weighted by Gasteiger charge is -2.14. The summed E-state index contributed by atoms with van der Waals surface area (Å²) in [6.45, 7) is 6.24. The van der Waals surface area contributed by atoms with Crippen molar-refractivity contribution in [3.8, 4) is 16.8 Å². The second kappa shape index (κ2) is 5.05. The number of H-pyrrole nitrogens is 1. The number of hydrogen-bond donors (Lipinski definition) is 1. The van der Waals surface area contributed by atoms with Crippen LogP contribution in [-0.4, -0.2) is 14.8 Å². The SMILES string of the molecule is Cc1ccc(-c2ccn[nH]c2=O)cc1-n1c(C)ccc1C. The van der Waals surface area contributed by atoms with E-state index < -0.39 is 0 Å². The van der Waals surface area contributed by atoms with E-state index in [1.165, 1.54) is 17.0 Å². The van der Waals surface area contributed by atoms with Gasteiger partial charge in [-0.1, -0.05) is 12.1 Å². The third-order valence-corrected chi connectivity index (χ3v) is 3.76. The third kappa shape index (κ3) is 2.29. The third-order valence-electron chi connectivity index (χ3n) is 3.76. The van der Waals surface area contributed by atoms with E-state index >= 15 is 0 Å². The molecule has 0 spiro atoms. The van der Waals surface area contributed by atoms with E-state index in [0.717, 1.165) is 11.3 Å². The van der Waals surface area contributed by atoms with Crippen molar-refractivity contribution in [2.24, 2.45) is 0 Å². The summed E-state index contributed by atoms with van der Waals surface area (Å²) in [4.78, 5) is 11.9. The zero-order valence-corrected chi connectivity index (χ0v) is 12.3. The van der Waals surface area contributed by atoms with Gasteiger partial charge in [-0.3, -0.25) is 4.79 Å². The summed E-state index contributed by atoms with van der Waals surface area (Å²) in [5, 5.41) is 6.22. The molecular weight excluding hydrogens is 262 g/mol. The molecule has 0 radical (unpaired) electrons. The summed E-state index contributed by atoms with van der Waals surface area (Å²) in [6.07, 6.45) is 1.60. The Labute approximate surface area is 123 Å². The summed E-state index contributed by atoms with van der Waals surface area (Å²) in [7, 11) is 0. The molecule has 0 bridgehead atoms. The fourth-order valence-corrected chi connectivity index (χ4v) is 2.64. The van der Waals surface area contributed by atoms with Gasteiger partial charge in [0.1, 0.15) is 0 Å². The van der Waals surface area contributed by atoms with Crippen LogP contribution < -0.4 is 5.56 Å². The Morgan fingerprint density at radius 3 is 2.38 bits per heavy atom. The van der Waals surface area contributed by atoms with Gasteiger partial charge in [0, 0.05) is 23.3 Å². The van der Waals surface area contributed by atoms with Gasteiger partial charge in [0.05, 0.1) is 5.56 Å². The minimum absolute atomic E-state index is 0.173. The summed E-state index contributed by atoms with van der Waals surface area (Å²) in [5.74, 6) is 0. The van der Waals surface area contributed by atoms with Gasteiger partial charge in [-0.25, -0.2) is 5.10 Å². The molecule has 0 aliphatic rings. The Morgan fingerprint density at radius 2 is 1.71 bits per heavy atom. The summed E-state index contributed by atoms with van der Waals surface area (Å²) >= 11 is 0. The van der Waals surface area contributed by atoms with Crippen LogP contribution in [0.3, 0.4) is 0 Å². The molecule has 106 valence electrons. The van der Waals surface area contributed by atoms with Gasteiger partial charge in [-0.15, -0.1) is 0 Å². The van der Waals surface area contributed by atoms with E-state index in [1.54, 1.807) is 12.3 Å². The fraction of sp³-hybridized carbons (Fsp3) is 0.176. The van der Waals surface area contributed by atoms with Crippen LogP contribution in [-0.2, 0) is 0 Å². The van der Waals surface area contributed by atoms with Crippen molar-refractivity contribution >= 4 is 0 Å². The fourth-order valence-electron chi connectivity index (χ4n) is 2.64. The van der Waals surface area contributed by atoms with E-state index in [1.807, 2.05) is 12.1 Å². The van der Waals surface area contributed by atoms with E-state index in [2.05, 4.69) is 53.7 Å². The first-order valence-electron chi connectivity index (χ1n) is 6.88. The average Bonchev–Trinajstić information content (AvgIpc) is 2.80. The summed E-state index contributed by atoms with van der Waals surface area (Å²) in [6, 6.07) is 12.0. The van der Waals surface area contributed by atoms with Crippen molar-refractivity contribution < 1.29 is 0 Å². The van der Waals surface area contributed by atoms with Crippen molar-refractivity contribution in [2.45, 2.75) is 20.8 Å². The van der Waals surface area contributed by atoms with Crippen LogP contribution in [0.25, 0.3) is 16.8 Å². The molecule has 0 unspecified atom stereocenters. The van der Waals surface area contributed by atoms with Crippen LogP contribution in [0.4, 0.5) is 0 Å². The first kappa shape index (κ1) is 13.4. The second-order valence-electron chi connectivity index (χ2n) is 5.25. The number of nitrogens with zero attached hydrogens (tertiary/aromatic N) is 2. The highest BCUT2D eigenvalue weighted by Gasteiger charge is 2.10. The lowest BCUT2D eigenvalue weighted by Crippen LogP contribution is -2.10. The Balaban J connectivity index is 2.23. The molecule has 0 saturated carbocycles. The highest BCUT2D eigenvalue weighted by atomic mass is 16.1. The number of aryl methyl sites for hydroxylation is 3. The van der Waals surface area contributed by atoms with E-state index in [-0.39, 0.29) is 5.56 Å². The van der Waals surface area contributed by atoms with Crippen LogP contribution in [0.5, 0.6) is 0 Å². The number of aromatic nitrogens is 3. The van der Waals surface area contributed by atoms with Crippen molar-refractivity contribution in [1.29, 1.82) is 0 Å². The van der Waals surface area contributed by atoms with Crippen molar-refractivity contribution in [2.75, 3.05) is 0 Å². The molecule has 3 aromatic rings. The number of hydrogen-bond acceptors (Lipinski definition) is 2. The molecule has 1 aromatic carbocycles. The van der Waals surface area contributed by atoms with Crippen LogP contribution in [0.1, 0.15) is 17.0 Å². The maximum atomic E-state index is 11.9. The Kier molecular flexibility index (Phi) is 3.22. The van der Waals surface area contributed by atoms with Gasteiger partial charge in [-0.2, -0.15) is 5.10 Å². The maximum Gasteiger partial charge on any atom is 0.272 e. The van der Waals surface area contributed by atoms with Crippen LogP contribution in [0.15, 0.2) is 47.4 Å². The topological polar surface area (TPSA) is 50.7 Å². The van der Waals surface area contributed by atoms with Gasteiger partial charge in [0.25, 0.3) is 5.56 Å². The molecule has 1 N–H and O–H groups in total. The predicted octanol–water partition coefficient (Wildman–Crippen LogP) is 3.15. The Morgan fingerprint density at radius 1 is 1.00 bits per heavy atom. The van der Waals surface area contributed by atoms with Gasteiger partial charge < -0.3 is 4.57 Å². The van der Waals surface area contributed by atoms with Gasteiger partial charge in [0.2, 0.25) is 0 Å². The molecule has 0 aliphatic carbocycles. The maximum absolute atomic E-state index is 11.9. The summed E-state index contributed by atoms with van der Waals surface area (Å²) in [5.41, 5.74) is 5.98. The predicted molar refractivity (Wildman–Crippen MR) is 83.8 cm³/mol. The molecular formula is C17H17N3O. The van der Waals surface area contributed by atoms with Crippen LogP contribution in [0, 0.1) is 20.8 Å². The van der Waals surface area contributed by atoms with E-state index in [0.29, 0.717) is 5.56 Å². The average molecular weight is 279 g/mol. The number of aromatic amines is 1. The lowest BCUT2D eigenvalue weighted by molar-refractivity contribution is 0.954. The van der Waals surface area contributed by atoms with Crippen LogP contribution in [0.2, 0.25) is 0 Å². The van der Waals surface area contributed by atoms with Gasteiger partial charge in [0.15, 0.2) is 0 Å². The number of benzene rings is 1. The van der Waals surface area contributed by atoms with Crippen LogP contribution >= 0.6 is 0 Å². The first-order chi connectivity index (χ1) is 10.1. The molecule has 0 fully saturated rings. The van der Waals surface area contributed by atoms with Crippen molar-refractivity contribution in [3.05, 3.63) is 69.9 Å². The Hall–Kier alpha value is -2.62. The molecule has 4 nitrogen and oxygen atoms in total. The van der Waals surface area contributed by atoms with Crippen molar-refractivity contribution in [1.82, 2.24) is 14.8 Å². The molecule has 4 heteroatoms. The van der Waals surface area contributed by atoms with Crippen molar-refractivity contribution in [3.63, 3.8) is 0 Å². The monoisotopic (exact) mass is 279 g/mol. The normalized spacial score (nSPS) is 10.8. The molecule has 0 amide bonds. The van der Waals surface area contributed by atoms with Gasteiger partial charge >= 0.3 is 0 Å². The van der Waals surface area contributed by atoms with E-state index in [4.69, 9.17) is 0 Å². The molecule has 0 saturated heterocycles. The highest BCUT2D eigenvalue weighted by molar-refractivity contribution is 5.66.